The molecule has 0 heterocycles. The number of rotatable bonds is 0. The molecule has 1 N–H and O–H groups in total. The van der Waals surface area contributed by atoms with Crippen LogP contribution in [-0.4, -0.2) is 11.6 Å². The summed E-state index contributed by atoms with van der Waals surface area (Å²) in [4.78, 5) is 8.36. The van der Waals surface area contributed by atoms with Gasteiger partial charge in [-0.05, 0) is 5.92 Å². The molecule has 0 bridgehead atoms. The SMILES string of the molecule is CC1CCC1.O=CO. The van der Waals surface area contributed by atoms with Crippen molar-refractivity contribution >= 4 is 6.47 Å². The molecule has 0 unspecified atom stereocenters. The molecule has 2 heteroatoms. The van der Waals surface area contributed by atoms with Gasteiger partial charge in [0.1, 0.15) is 0 Å². The molecule has 1 aliphatic carbocycles. The van der Waals surface area contributed by atoms with Gasteiger partial charge in [-0.2, -0.15) is 0 Å². The zero-order valence-corrected chi connectivity index (χ0v) is 5.13. The monoisotopic (exact) mass is 116 g/mol. The molecule has 0 radical (unpaired) electrons. The summed E-state index contributed by atoms with van der Waals surface area (Å²) in [6, 6.07) is 0. The molecule has 1 saturated carbocycles. The van der Waals surface area contributed by atoms with Crippen molar-refractivity contribution in [2.24, 2.45) is 5.92 Å². The molecule has 0 spiro atoms. The smallest absolute Gasteiger partial charge is 0.290 e. The fourth-order valence-corrected chi connectivity index (χ4v) is 0.612. The van der Waals surface area contributed by atoms with E-state index < -0.39 is 0 Å². The Morgan fingerprint density at radius 2 is 1.88 bits per heavy atom. The summed E-state index contributed by atoms with van der Waals surface area (Å²) in [6.45, 7) is 2.06. The van der Waals surface area contributed by atoms with Crippen molar-refractivity contribution in [1.82, 2.24) is 0 Å². The fraction of sp³-hybridized carbons (Fsp3) is 0.833. The second-order valence-electron chi connectivity index (χ2n) is 2.14. The van der Waals surface area contributed by atoms with Crippen LogP contribution < -0.4 is 0 Å². The number of hydrogen-bond acceptors (Lipinski definition) is 1. The van der Waals surface area contributed by atoms with Crippen molar-refractivity contribution < 1.29 is 9.90 Å². The first-order valence-corrected chi connectivity index (χ1v) is 2.89. The van der Waals surface area contributed by atoms with Crippen LogP contribution >= 0.6 is 0 Å². The Bertz CT molecular complexity index is 57.5. The molecule has 8 heavy (non-hydrogen) atoms. The van der Waals surface area contributed by atoms with E-state index in [1.165, 1.54) is 19.3 Å². The van der Waals surface area contributed by atoms with Gasteiger partial charge in [-0.3, -0.25) is 4.79 Å². The van der Waals surface area contributed by atoms with Gasteiger partial charge in [0.25, 0.3) is 6.47 Å². The van der Waals surface area contributed by atoms with E-state index in [1.54, 1.807) is 0 Å². The third-order valence-electron chi connectivity index (χ3n) is 1.39. The first-order chi connectivity index (χ1) is 3.81. The minimum absolute atomic E-state index is 0.250. The first-order valence-electron chi connectivity index (χ1n) is 2.89. The summed E-state index contributed by atoms with van der Waals surface area (Å²) >= 11 is 0. The third-order valence-corrected chi connectivity index (χ3v) is 1.39. The Morgan fingerprint density at radius 1 is 1.62 bits per heavy atom. The summed E-state index contributed by atoms with van der Waals surface area (Å²) in [6.07, 6.45) is 4.46. The predicted molar refractivity (Wildman–Crippen MR) is 31.7 cm³/mol. The van der Waals surface area contributed by atoms with Gasteiger partial charge in [-0.25, -0.2) is 0 Å². The second-order valence-corrected chi connectivity index (χ2v) is 2.14. The lowest BCUT2D eigenvalue weighted by molar-refractivity contribution is -0.122. The van der Waals surface area contributed by atoms with Gasteiger partial charge in [-0.15, -0.1) is 0 Å². The lowest BCUT2D eigenvalue weighted by Gasteiger charge is -2.18. The molecule has 0 aromatic rings. The lowest BCUT2D eigenvalue weighted by atomic mass is 9.88. The average molecular weight is 116 g/mol. The maximum Gasteiger partial charge on any atom is 0.290 e. The summed E-state index contributed by atoms with van der Waals surface area (Å²) in [5.74, 6) is 1.06. The van der Waals surface area contributed by atoms with Gasteiger partial charge in [-0.1, -0.05) is 26.2 Å². The third kappa shape index (κ3) is 3.65. The molecule has 1 aliphatic rings. The maximum absolute atomic E-state index is 8.36. The van der Waals surface area contributed by atoms with Crippen molar-refractivity contribution in [1.29, 1.82) is 0 Å². The van der Waals surface area contributed by atoms with E-state index in [9.17, 15) is 0 Å². The van der Waals surface area contributed by atoms with Crippen LogP contribution in [0.3, 0.4) is 0 Å². The zero-order chi connectivity index (χ0) is 6.41. The Hall–Kier alpha value is -0.530. The van der Waals surface area contributed by atoms with Gasteiger partial charge in [0.15, 0.2) is 0 Å². The van der Waals surface area contributed by atoms with Crippen LogP contribution in [0.25, 0.3) is 0 Å². The summed E-state index contributed by atoms with van der Waals surface area (Å²) in [7, 11) is 0. The molecule has 0 amide bonds. The number of hydrogen-bond donors (Lipinski definition) is 1. The van der Waals surface area contributed by atoms with Crippen LogP contribution in [0.1, 0.15) is 26.2 Å². The molecular weight excluding hydrogens is 104 g/mol. The standard InChI is InChI=1S/C5H10.CH2O2/c1-5-3-2-4-5;2-1-3/h5H,2-4H2,1H3;1H,(H,2,3). The highest BCUT2D eigenvalue weighted by Crippen LogP contribution is 2.24. The Kier molecular flexibility index (Phi) is 4.32. The van der Waals surface area contributed by atoms with E-state index in [4.69, 9.17) is 9.90 Å². The molecule has 1 fully saturated rings. The molecule has 0 aromatic carbocycles. The Labute approximate surface area is 49.5 Å². The quantitative estimate of drug-likeness (QED) is 0.487. The minimum Gasteiger partial charge on any atom is -0.483 e. The van der Waals surface area contributed by atoms with Crippen molar-refractivity contribution in [2.75, 3.05) is 0 Å². The molecule has 0 aliphatic heterocycles. The zero-order valence-electron chi connectivity index (χ0n) is 5.13. The maximum atomic E-state index is 8.36. The van der Waals surface area contributed by atoms with Crippen LogP contribution in [0.5, 0.6) is 0 Å². The molecule has 0 atom stereocenters. The van der Waals surface area contributed by atoms with E-state index in [-0.39, 0.29) is 6.47 Å². The van der Waals surface area contributed by atoms with Gasteiger partial charge >= 0.3 is 0 Å². The minimum atomic E-state index is -0.250. The largest absolute Gasteiger partial charge is 0.483 e. The van der Waals surface area contributed by atoms with Crippen molar-refractivity contribution in [2.45, 2.75) is 26.2 Å². The summed E-state index contributed by atoms with van der Waals surface area (Å²) in [5, 5.41) is 6.89. The molecule has 48 valence electrons. The molecule has 0 saturated heterocycles. The molecule has 1 rings (SSSR count). The molecular formula is C6H12O2. The lowest BCUT2D eigenvalue weighted by Crippen LogP contribution is -2.04. The second kappa shape index (κ2) is 4.62. The molecule has 0 aromatic heterocycles. The van der Waals surface area contributed by atoms with Gasteiger partial charge < -0.3 is 5.11 Å². The average Bonchev–Trinajstić information content (AvgIpc) is 1.64. The summed E-state index contributed by atoms with van der Waals surface area (Å²) < 4.78 is 0. The van der Waals surface area contributed by atoms with Crippen LogP contribution in [0.15, 0.2) is 0 Å². The van der Waals surface area contributed by atoms with E-state index in [0.717, 1.165) is 5.92 Å². The van der Waals surface area contributed by atoms with Crippen molar-refractivity contribution in [3.63, 3.8) is 0 Å². The predicted octanol–water partition coefficient (Wildman–Crippen LogP) is 1.51. The Balaban J connectivity index is 0.000000145. The first kappa shape index (κ1) is 7.47. The van der Waals surface area contributed by atoms with Crippen LogP contribution in [-0.2, 0) is 4.79 Å². The van der Waals surface area contributed by atoms with E-state index >= 15 is 0 Å². The highest BCUT2D eigenvalue weighted by molar-refractivity contribution is 5.32. The fourth-order valence-electron chi connectivity index (χ4n) is 0.612. The number of carboxylic acid groups (broad SMARTS) is 1. The van der Waals surface area contributed by atoms with Crippen LogP contribution in [0, 0.1) is 5.92 Å². The van der Waals surface area contributed by atoms with Crippen molar-refractivity contribution in [3.05, 3.63) is 0 Å². The van der Waals surface area contributed by atoms with Gasteiger partial charge in [0, 0.05) is 0 Å². The highest BCUT2D eigenvalue weighted by Gasteiger charge is 2.09. The van der Waals surface area contributed by atoms with E-state index in [1.807, 2.05) is 0 Å². The summed E-state index contributed by atoms with van der Waals surface area (Å²) in [5.41, 5.74) is 0. The van der Waals surface area contributed by atoms with Crippen molar-refractivity contribution in [3.8, 4) is 0 Å². The van der Waals surface area contributed by atoms with Crippen LogP contribution in [0.2, 0.25) is 0 Å². The van der Waals surface area contributed by atoms with E-state index in [0.29, 0.717) is 0 Å². The Morgan fingerprint density at radius 3 is 1.88 bits per heavy atom. The van der Waals surface area contributed by atoms with Gasteiger partial charge in [0.2, 0.25) is 0 Å². The van der Waals surface area contributed by atoms with Gasteiger partial charge in [0.05, 0.1) is 0 Å². The topological polar surface area (TPSA) is 37.3 Å². The highest BCUT2D eigenvalue weighted by atomic mass is 16.3. The number of carbonyl (C=O) groups is 1. The molecule has 2 nitrogen and oxygen atoms in total. The van der Waals surface area contributed by atoms with E-state index in [2.05, 4.69) is 6.92 Å². The van der Waals surface area contributed by atoms with Crippen LogP contribution in [0.4, 0.5) is 0 Å². The normalized spacial score (nSPS) is 17.6.